The molecule has 0 saturated heterocycles. The first-order valence-electron chi connectivity index (χ1n) is 4.10. The van der Waals surface area contributed by atoms with Crippen molar-refractivity contribution in [2.24, 2.45) is 5.29 Å². The Morgan fingerprint density at radius 2 is 2.17 bits per heavy atom. The minimum atomic E-state index is 0.110. The lowest BCUT2D eigenvalue weighted by molar-refractivity contribution is -0.369. The lowest BCUT2D eigenvalue weighted by Crippen LogP contribution is -2.51. The molecule has 0 radical (unpaired) electrons. The van der Waals surface area contributed by atoms with Crippen molar-refractivity contribution in [1.82, 2.24) is 10.3 Å². The molecule has 0 aliphatic heterocycles. The van der Waals surface area contributed by atoms with E-state index in [1.807, 2.05) is 6.92 Å². The number of hydrogen-bond acceptors (Lipinski definition) is 4. The molecule has 0 rings (SSSR count). The van der Waals surface area contributed by atoms with E-state index in [0.29, 0.717) is 13.1 Å². The molecule has 0 heterocycles. The molecule has 6 heteroatoms. The van der Waals surface area contributed by atoms with Crippen molar-refractivity contribution in [3.8, 4) is 0 Å². The maximum atomic E-state index is 10.8. The first-order valence-corrected chi connectivity index (χ1v) is 4.10. The van der Waals surface area contributed by atoms with E-state index in [9.17, 15) is 10.1 Å². The minimum absolute atomic E-state index is 0.110. The van der Waals surface area contributed by atoms with E-state index < -0.39 is 0 Å². The molecule has 0 unspecified atom stereocenters. The van der Waals surface area contributed by atoms with Crippen molar-refractivity contribution in [3.63, 3.8) is 0 Å². The number of rotatable bonds is 7. The maximum absolute atomic E-state index is 10.8. The molecule has 72 valence electrons. The molecule has 0 fully saturated rings. The highest BCUT2D eigenvalue weighted by molar-refractivity contribution is 4.53. The largest absolute Gasteiger partial charge is 0.724 e. The van der Waals surface area contributed by atoms with Crippen LogP contribution >= 0.6 is 0 Å². The SMILES string of the molecule is CCCN(CCC[NH3+])N([O-])N=O. The molecule has 12 heavy (non-hydrogen) atoms. The average Bonchev–Trinajstić information content (AvgIpc) is 2.11. The van der Waals surface area contributed by atoms with Crippen LogP contribution in [0.15, 0.2) is 5.29 Å². The van der Waals surface area contributed by atoms with Gasteiger partial charge in [-0.2, -0.15) is 0 Å². The third kappa shape index (κ3) is 4.22. The molecule has 0 aromatic heterocycles. The number of hydrazine groups is 1. The molecule has 6 nitrogen and oxygen atoms in total. The zero-order chi connectivity index (χ0) is 9.40. The smallest absolute Gasteiger partial charge is 0.0752 e. The van der Waals surface area contributed by atoms with Crippen molar-refractivity contribution in [2.45, 2.75) is 19.8 Å². The van der Waals surface area contributed by atoms with E-state index in [1.54, 1.807) is 0 Å². The van der Waals surface area contributed by atoms with E-state index >= 15 is 0 Å². The molecule has 0 saturated carbocycles. The van der Waals surface area contributed by atoms with Gasteiger partial charge in [-0.3, -0.25) is 5.28 Å². The first kappa shape index (κ1) is 11.3. The summed E-state index contributed by atoms with van der Waals surface area (Å²) in [5, 5.41) is 14.5. The van der Waals surface area contributed by atoms with Crippen molar-refractivity contribution >= 4 is 0 Å². The van der Waals surface area contributed by atoms with E-state index in [0.717, 1.165) is 19.4 Å². The monoisotopic (exact) mass is 176 g/mol. The van der Waals surface area contributed by atoms with Crippen LogP contribution in [0.3, 0.4) is 0 Å². The molecule has 0 aliphatic rings. The predicted octanol–water partition coefficient (Wildman–Crippen LogP) is -0.273. The molecular weight excluding hydrogens is 160 g/mol. The Labute approximate surface area is 71.8 Å². The molecular formula is C6H16N4O2. The van der Waals surface area contributed by atoms with Gasteiger partial charge in [0.25, 0.3) is 0 Å². The van der Waals surface area contributed by atoms with Gasteiger partial charge in [-0.25, -0.2) is 5.01 Å². The van der Waals surface area contributed by atoms with E-state index in [1.165, 1.54) is 5.01 Å². The summed E-state index contributed by atoms with van der Waals surface area (Å²) in [5.41, 5.74) is 3.65. The van der Waals surface area contributed by atoms with Gasteiger partial charge in [-0.05, 0) is 6.42 Å². The summed E-state index contributed by atoms with van der Waals surface area (Å²) in [6.45, 7) is 3.81. The van der Waals surface area contributed by atoms with E-state index in [2.05, 4.69) is 11.0 Å². The summed E-state index contributed by atoms with van der Waals surface area (Å²) in [4.78, 5) is 9.89. The van der Waals surface area contributed by atoms with Crippen LogP contribution < -0.4 is 5.73 Å². The Balaban J connectivity index is 3.75. The van der Waals surface area contributed by atoms with Gasteiger partial charge >= 0.3 is 0 Å². The third-order valence-corrected chi connectivity index (χ3v) is 1.46. The Bertz CT molecular complexity index is 122. The molecule has 3 N–H and O–H groups in total. The summed E-state index contributed by atoms with van der Waals surface area (Å²) < 4.78 is 0. The van der Waals surface area contributed by atoms with Gasteiger partial charge in [-0.15, -0.1) is 4.91 Å². The predicted molar refractivity (Wildman–Crippen MR) is 45.2 cm³/mol. The van der Waals surface area contributed by atoms with Gasteiger partial charge in [0.1, 0.15) is 0 Å². The normalized spacial score (nSPS) is 10.3. The van der Waals surface area contributed by atoms with Crippen molar-refractivity contribution in [3.05, 3.63) is 10.1 Å². The van der Waals surface area contributed by atoms with Gasteiger partial charge in [0.15, 0.2) is 0 Å². The highest BCUT2D eigenvalue weighted by Gasteiger charge is 2.04. The fourth-order valence-corrected chi connectivity index (χ4v) is 0.887. The van der Waals surface area contributed by atoms with Gasteiger partial charge in [0.05, 0.1) is 11.8 Å². The standard InChI is InChI=1S/C6H15N4O2/c1-2-5-9(6-3-4-7)10(12)8-11/h2-7H2,1H3/q-1/p+1. The summed E-state index contributed by atoms with van der Waals surface area (Å²) in [6, 6.07) is 0. The lowest BCUT2D eigenvalue weighted by atomic mass is 10.4. The minimum Gasteiger partial charge on any atom is -0.724 e. The zero-order valence-corrected chi connectivity index (χ0v) is 7.40. The maximum Gasteiger partial charge on any atom is 0.0752 e. The second-order valence-corrected chi connectivity index (χ2v) is 2.50. The van der Waals surface area contributed by atoms with E-state index in [-0.39, 0.29) is 5.28 Å². The molecule has 0 spiro atoms. The van der Waals surface area contributed by atoms with Gasteiger partial charge < -0.3 is 10.9 Å². The fraction of sp³-hybridized carbons (Fsp3) is 1.00. The summed E-state index contributed by atoms with van der Waals surface area (Å²) in [6.07, 6.45) is 1.62. The topological polar surface area (TPSA) is 86.6 Å². The number of nitrogens with zero attached hydrogens (tertiary/aromatic N) is 3. The van der Waals surface area contributed by atoms with Gasteiger partial charge in [-0.1, -0.05) is 6.92 Å². The third-order valence-electron chi connectivity index (χ3n) is 1.46. The highest BCUT2D eigenvalue weighted by atomic mass is 16.6. The van der Waals surface area contributed by atoms with Crippen LogP contribution in [0.5, 0.6) is 0 Å². The fourth-order valence-electron chi connectivity index (χ4n) is 0.887. The van der Waals surface area contributed by atoms with E-state index in [4.69, 9.17) is 0 Å². The van der Waals surface area contributed by atoms with Crippen LogP contribution in [0, 0.1) is 10.1 Å². The van der Waals surface area contributed by atoms with Crippen LogP contribution in [0.4, 0.5) is 0 Å². The number of nitroso groups, excluding NO2 is 1. The average molecular weight is 176 g/mol. The van der Waals surface area contributed by atoms with Crippen molar-refractivity contribution < 1.29 is 5.73 Å². The van der Waals surface area contributed by atoms with Crippen LogP contribution in [-0.4, -0.2) is 29.9 Å². The van der Waals surface area contributed by atoms with Crippen LogP contribution in [0.2, 0.25) is 0 Å². The number of quaternary nitrogens is 1. The summed E-state index contributed by atoms with van der Waals surface area (Å²) in [7, 11) is 0. The molecule has 0 aliphatic carbocycles. The second-order valence-electron chi connectivity index (χ2n) is 2.50. The summed E-state index contributed by atoms with van der Waals surface area (Å²) in [5.74, 6) is 0. The van der Waals surface area contributed by atoms with Crippen molar-refractivity contribution in [1.29, 1.82) is 0 Å². The Morgan fingerprint density at radius 3 is 2.58 bits per heavy atom. The quantitative estimate of drug-likeness (QED) is 0.427. The van der Waals surface area contributed by atoms with Crippen molar-refractivity contribution in [2.75, 3.05) is 19.6 Å². The highest BCUT2D eigenvalue weighted by Crippen LogP contribution is 1.98. The van der Waals surface area contributed by atoms with Crippen LogP contribution in [0.1, 0.15) is 19.8 Å². The molecule has 0 atom stereocenters. The van der Waals surface area contributed by atoms with Gasteiger partial charge in [0.2, 0.25) is 0 Å². The lowest BCUT2D eigenvalue weighted by Gasteiger charge is -2.33. The molecule has 0 bridgehead atoms. The zero-order valence-electron chi connectivity index (χ0n) is 7.40. The number of hydrogen-bond donors (Lipinski definition) is 1. The first-order chi connectivity index (χ1) is 5.76. The molecule has 0 amide bonds. The Kier molecular flexibility index (Phi) is 6.54. The van der Waals surface area contributed by atoms with Crippen LogP contribution in [-0.2, 0) is 0 Å². The Morgan fingerprint density at radius 1 is 1.50 bits per heavy atom. The summed E-state index contributed by atoms with van der Waals surface area (Å²) >= 11 is 0. The second kappa shape index (κ2) is 6.96. The molecule has 0 aromatic carbocycles. The van der Waals surface area contributed by atoms with Gasteiger partial charge in [0, 0.05) is 19.5 Å². The Hall–Kier alpha value is -0.720. The van der Waals surface area contributed by atoms with Crippen LogP contribution in [0.25, 0.3) is 0 Å². The molecule has 0 aromatic rings.